The van der Waals surface area contributed by atoms with Crippen molar-refractivity contribution in [3.63, 3.8) is 0 Å². The lowest BCUT2D eigenvalue weighted by Crippen LogP contribution is -2.29. The molecule has 1 aliphatic heterocycles. The summed E-state index contributed by atoms with van der Waals surface area (Å²) in [5.74, 6) is -1.95. The molecule has 1 aromatic heterocycles. The van der Waals surface area contributed by atoms with Gasteiger partial charge >= 0.3 is 11.9 Å². The normalized spacial score (nSPS) is 16.4. The van der Waals surface area contributed by atoms with Gasteiger partial charge in [0.1, 0.15) is 23.0 Å². The molecule has 1 aliphatic rings. The Labute approximate surface area is 231 Å². The summed E-state index contributed by atoms with van der Waals surface area (Å²) in [6.07, 6.45) is 3.12. The number of anilines is 1. The van der Waals surface area contributed by atoms with Crippen LogP contribution in [0.25, 0.3) is 5.76 Å². The zero-order valence-electron chi connectivity index (χ0n) is 22.1. The second-order valence-corrected chi connectivity index (χ2v) is 9.91. The molecule has 2 aromatic carbocycles. The van der Waals surface area contributed by atoms with Gasteiger partial charge in [-0.3, -0.25) is 14.5 Å². The number of nitrogens with zero attached hydrogens (tertiary/aromatic N) is 2. The third-order valence-electron chi connectivity index (χ3n) is 6.26. The van der Waals surface area contributed by atoms with Crippen molar-refractivity contribution in [3.05, 3.63) is 94.0 Å². The molecule has 1 N–H and O–H groups in total. The predicted molar refractivity (Wildman–Crippen MR) is 150 cm³/mol. The first-order valence-corrected chi connectivity index (χ1v) is 13.5. The molecule has 1 unspecified atom stereocenters. The molecule has 1 atom stereocenters. The lowest BCUT2D eigenvalue weighted by atomic mass is 9.94. The number of benzene rings is 2. The van der Waals surface area contributed by atoms with E-state index in [0.29, 0.717) is 29.2 Å². The number of ether oxygens (including phenoxy) is 2. The third-order valence-corrected chi connectivity index (χ3v) is 7.39. The minimum Gasteiger partial charge on any atom is -0.507 e. The highest BCUT2D eigenvalue weighted by Gasteiger charge is 2.48. The van der Waals surface area contributed by atoms with Gasteiger partial charge in [-0.1, -0.05) is 62.1 Å². The molecule has 1 saturated heterocycles. The average Bonchev–Trinajstić information content (AvgIpc) is 3.46. The van der Waals surface area contributed by atoms with Crippen molar-refractivity contribution < 1.29 is 29.0 Å². The quantitative estimate of drug-likeness (QED) is 0.113. The van der Waals surface area contributed by atoms with Gasteiger partial charge in [0.05, 0.1) is 23.9 Å². The van der Waals surface area contributed by atoms with Gasteiger partial charge in [0.15, 0.2) is 5.13 Å². The average molecular weight is 547 g/mol. The molecular formula is C30H30N2O6S. The largest absolute Gasteiger partial charge is 0.507 e. The fourth-order valence-electron chi connectivity index (χ4n) is 4.24. The van der Waals surface area contributed by atoms with Crippen molar-refractivity contribution in [3.8, 4) is 5.75 Å². The van der Waals surface area contributed by atoms with Crippen LogP contribution in [-0.4, -0.2) is 41.0 Å². The van der Waals surface area contributed by atoms with Gasteiger partial charge in [0.2, 0.25) is 0 Å². The topological polar surface area (TPSA) is 106 Å². The number of amides is 1. The van der Waals surface area contributed by atoms with Crippen LogP contribution in [0.3, 0.4) is 0 Å². The fraction of sp³-hybridized carbons (Fsp3) is 0.267. The van der Waals surface area contributed by atoms with E-state index >= 15 is 0 Å². The summed E-state index contributed by atoms with van der Waals surface area (Å²) in [6.45, 7) is 9.79. The fourth-order valence-corrected chi connectivity index (χ4v) is 5.23. The first-order valence-electron chi connectivity index (χ1n) is 12.7. The molecule has 0 radical (unpaired) electrons. The molecule has 9 heteroatoms. The van der Waals surface area contributed by atoms with E-state index in [4.69, 9.17) is 9.47 Å². The Morgan fingerprint density at radius 1 is 1.13 bits per heavy atom. The van der Waals surface area contributed by atoms with Crippen LogP contribution in [0.5, 0.6) is 5.75 Å². The number of Topliss-reactive ketones (excluding diaryl/α,β-unsaturated/α-hetero) is 1. The van der Waals surface area contributed by atoms with Crippen molar-refractivity contribution >= 4 is 39.9 Å². The molecule has 0 spiro atoms. The summed E-state index contributed by atoms with van der Waals surface area (Å²) in [5, 5.41) is 11.5. The van der Waals surface area contributed by atoms with Gasteiger partial charge in [-0.15, -0.1) is 0 Å². The number of aromatic nitrogens is 1. The SMILES string of the molecule is C=CCOC(=O)c1sc(N2C(=O)C(=O)/C(=C(/O)c3ccc(OCCC)cc3)C2c2ccc(CC)cc2)nc1C. The van der Waals surface area contributed by atoms with Crippen LogP contribution in [0.2, 0.25) is 0 Å². The first kappa shape index (κ1) is 27.8. The zero-order chi connectivity index (χ0) is 28.1. The number of aliphatic hydroxyl groups is 1. The van der Waals surface area contributed by atoms with Crippen LogP contribution in [0.15, 0.2) is 66.8 Å². The highest BCUT2D eigenvalue weighted by molar-refractivity contribution is 7.17. The molecule has 1 fully saturated rings. The summed E-state index contributed by atoms with van der Waals surface area (Å²) in [4.78, 5) is 45.3. The number of carbonyl (C=O) groups excluding carboxylic acids is 3. The van der Waals surface area contributed by atoms with Gasteiger partial charge < -0.3 is 14.6 Å². The molecule has 4 rings (SSSR count). The monoisotopic (exact) mass is 546 g/mol. The Hall–Kier alpha value is -4.24. The number of esters is 1. The van der Waals surface area contributed by atoms with Gasteiger partial charge in [-0.2, -0.15) is 0 Å². The summed E-state index contributed by atoms with van der Waals surface area (Å²) < 4.78 is 10.8. The molecule has 0 bridgehead atoms. The number of hydrogen-bond acceptors (Lipinski definition) is 8. The maximum absolute atomic E-state index is 13.4. The van der Waals surface area contributed by atoms with Crippen LogP contribution < -0.4 is 9.64 Å². The highest BCUT2D eigenvalue weighted by Crippen LogP contribution is 2.44. The van der Waals surface area contributed by atoms with Crippen molar-refractivity contribution in [2.75, 3.05) is 18.1 Å². The summed E-state index contributed by atoms with van der Waals surface area (Å²) >= 11 is 0.958. The number of aryl methyl sites for hydroxylation is 2. The highest BCUT2D eigenvalue weighted by atomic mass is 32.1. The molecular weight excluding hydrogens is 516 g/mol. The van der Waals surface area contributed by atoms with E-state index in [2.05, 4.69) is 11.6 Å². The van der Waals surface area contributed by atoms with E-state index in [1.807, 2.05) is 38.1 Å². The minimum atomic E-state index is -0.950. The van der Waals surface area contributed by atoms with Gasteiger partial charge in [0, 0.05) is 5.56 Å². The number of thiazole rings is 1. The third kappa shape index (κ3) is 5.63. The van der Waals surface area contributed by atoms with Crippen molar-refractivity contribution in [1.29, 1.82) is 0 Å². The van der Waals surface area contributed by atoms with Crippen LogP contribution in [-0.2, 0) is 20.7 Å². The first-order chi connectivity index (χ1) is 18.8. The molecule has 0 aliphatic carbocycles. The van der Waals surface area contributed by atoms with Crippen LogP contribution >= 0.6 is 11.3 Å². The Kier molecular flexibility index (Phi) is 8.61. The van der Waals surface area contributed by atoms with Crippen LogP contribution in [0, 0.1) is 6.92 Å². The summed E-state index contributed by atoms with van der Waals surface area (Å²) in [7, 11) is 0. The number of carbonyl (C=O) groups is 3. The summed E-state index contributed by atoms with van der Waals surface area (Å²) in [6, 6.07) is 13.2. The second-order valence-electron chi connectivity index (χ2n) is 8.94. The second kappa shape index (κ2) is 12.1. The predicted octanol–water partition coefficient (Wildman–Crippen LogP) is 5.77. The van der Waals surface area contributed by atoms with E-state index < -0.39 is 23.7 Å². The van der Waals surface area contributed by atoms with Gasteiger partial charge in [-0.25, -0.2) is 9.78 Å². The Morgan fingerprint density at radius 2 is 1.82 bits per heavy atom. The maximum atomic E-state index is 13.4. The maximum Gasteiger partial charge on any atom is 0.350 e. The molecule has 2 heterocycles. The van der Waals surface area contributed by atoms with E-state index in [0.717, 1.165) is 29.7 Å². The summed E-state index contributed by atoms with van der Waals surface area (Å²) in [5.41, 5.74) is 2.38. The lowest BCUT2D eigenvalue weighted by Gasteiger charge is -2.23. The Balaban J connectivity index is 1.82. The molecule has 3 aromatic rings. The number of aliphatic hydroxyl groups excluding tert-OH is 1. The van der Waals surface area contributed by atoms with E-state index in [9.17, 15) is 19.5 Å². The Morgan fingerprint density at radius 3 is 2.44 bits per heavy atom. The minimum absolute atomic E-state index is 0.0298. The number of rotatable bonds is 10. The van der Waals surface area contributed by atoms with E-state index in [-0.39, 0.29) is 27.9 Å². The molecule has 39 heavy (non-hydrogen) atoms. The van der Waals surface area contributed by atoms with Gasteiger partial charge in [-0.05, 0) is 55.2 Å². The van der Waals surface area contributed by atoms with E-state index in [1.165, 1.54) is 11.0 Å². The van der Waals surface area contributed by atoms with Crippen molar-refractivity contribution in [2.45, 2.75) is 39.7 Å². The van der Waals surface area contributed by atoms with Crippen molar-refractivity contribution in [1.82, 2.24) is 4.98 Å². The Bertz CT molecular complexity index is 1420. The van der Waals surface area contributed by atoms with Crippen LogP contribution in [0.1, 0.15) is 58.4 Å². The standard InChI is InChI=1S/C30H30N2O6S/c1-5-16-37-22-14-12-21(13-15-22)25(33)23-24(20-10-8-19(7-3)9-11-20)32(28(35)26(23)34)30-31-18(4)27(39-30)29(36)38-17-6-2/h6,8-15,24,33H,2,5,7,16-17H2,1,3-4H3/b25-23+. The lowest BCUT2D eigenvalue weighted by molar-refractivity contribution is -0.132. The smallest absolute Gasteiger partial charge is 0.350 e. The molecule has 8 nitrogen and oxygen atoms in total. The van der Waals surface area contributed by atoms with Crippen LogP contribution in [0.4, 0.5) is 5.13 Å². The van der Waals surface area contributed by atoms with Gasteiger partial charge in [0.25, 0.3) is 5.78 Å². The number of hydrogen-bond donors (Lipinski definition) is 1. The zero-order valence-corrected chi connectivity index (χ0v) is 22.9. The molecule has 202 valence electrons. The number of ketones is 1. The molecule has 1 amide bonds. The van der Waals surface area contributed by atoms with E-state index in [1.54, 1.807) is 31.2 Å². The van der Waals surface area contributed by atoms with Crippen molar-refractivity contribution in [2.24, 2.45) is 0 Å². The molecule has 0 saturated carbocycles.